The van der Waals surface area contributed by atoms with E-state index in [4.69, 9.17) is 16.0 Å². The van der Waals surface area contributed by atoms with Crippen LogP contribution in [0.1, 0.15) is 15.9 Å². The average Bonchev–Trinajstić information content (AvgIpc) is 2.99. The van der Waals surface area contributed by atoms with Crippen LogP contribution >= 0.6 is 11.6 Å². The zero-order chi connectivity index (χ0) is 15.1. The van der Waals surface area contributed by atoms with E-state index in [9.17, 15) is 9.59 Å². The molecule has 0 saturated carbocycles. The fourth-order valence-corrected chi connectivity index (χ4v) is 1.56. The van der Waals surface area contributed by atoms with E-state index >= 15 is 0 Å². The van der Waals surface area contributed by atoms with Crippen LogP contribution in [0.25, 0.3) is 0 Å². The molecule has 0 atom stereocenters. The van der Waals surface area contributed by atoms with Gasteiger partial charge in [-0.2, -0.15) is 5.10 Å². The van der Waals surface area contributed by atoms with Crippen molar-refractivity contribution in [2.45, 2.75) is 0 Å². The Hall–Kier alpha value is -2.60. The van der Waals surface area contributed by atoms with E-state index in [0.717, 1.165) is 5.56 Å². The zero-order valence-corrected chi connectivity index (χ0v) is 11.6. The average molecular weight is 306 g/mol. The summed E-state index contributed by atoms with van der Waals surface area (Å²) in [4.78, 5) is 23.2. The monoisotopic (exact) mass is 305 g/mol. The minimum atomic E-state index is -0.433. The molecule has 0 aliphatic rings. The van der Waals surface area contributed by atoms with E-state index < -0.39 is 5.91 Å². The van der Waals surface area contributed by atoms with E-state index in [1.165, 1.54) is 18.7 Å². The Kier molecular flexibility index (Phi) is 5.11. The van der Waals surface area contributed by atoms with Gasteiger partial charge in [0.05, 0.1) is 25.3 Å². The number of hydrazone groups is 1. The maximum absolute atomic E-state index is 11.7. The van der Waals surface area contributed by atoms with Crippen LogP contribution < -0.4 is 10.7 Å². The Morgan fingerprint density at radius 2 is 2.00 bits per heavy atom. The first-order valence-electron chi connectivity index (χ1n) is 6.03. The smallest absolute Gasteiger partial charge is 0.259 e. The van der Waals surface area contributed by atoms with Gasteiger partial charge in [0.1, 0.15) is 0 Å². The van der Waals surface area contributed by atoms with Gasteiger partial charge < -0.3 is 9.73 Å². The molecule has 0 aliphatic carbocycles. The van der Waals surface area contributed by atoms with E-state index in [1.54, 1.807) is 30.3 Å². The second kappa shape index (κ2) is 7.25. The largest absolute Gasteiger partial charge is 0.472 e. The van der Waals surface area contributed by atoms with Gasteiger partial charge in [-0.1, -0.05) is 11.6 Å². The summed E-state index contributed by atoms with van der Waals surface area (Å²) in [5, 5.41) is 6.74. The number of rotatable bonds is 5. The van der Waals surface area contributed by atoms with Gasteiger partial charge in [0.15, 0.2) is 0 Å². The van der Waals surface area contributed by atoms with Gasteiger partial charge in [-0.15, -0.1) is 0 Å². The molecule has 0 aliphatic heterocycles. The second-order valence-corrected chi connectivity index (χ2v) is 4.48. The number of amides is 2. The molecule has 7 heteroatoms. The normalized spacial score (nSPS) is 10.5. The summed E-state index contributed by atoms with van der Waals surface area (Å²) in [7, 11) is 0. The third-order valence-electron chi connectivity index (χ3n) is 2.46. The van der Waals surface area contributed by atoms with Crippen LogP contribution in [0.2, 0.25) is 5.02 Å². The van der Waals surface area contributed by atoms with Crippen LogP contribution in [-0.2, 0) is 4.79 Å². The second-order valence-electron chi connectivity index (χ2n) is 4.04. The van der Waals surface area contributed by atoms with Crippen LogP contribution in [0.3, 0.4) is 0 Å². The highest BCUT2D eigenvalue weighted by molar-refractivity contribution is 6.30. The first kappa shape index (κ1) is 14.8. The van der Waals surface area contributed by atoms with Crippen LogP contribution in [0.4, 0.5) is 0 Å². The maximum atomic E-state index is 11.7. The number of halogens is 1. The molecule has 2 N–H and O–H groups in total. The molecule has 1 aromatic carbocycles. The third-order valence-corrected chi connectivity index (χ3v) is 2.71. The molecule has 0 saturated heterocycles. The van der Waals surface area contributed by atoms with E-state index in [-0.39, 0.29) is 12.5 Å². The van der Waals surface area contributed by atoms with Crippen molar-refractivity contribution in [1.29, 1.82) is 0 Å². The minimum Gasteiger partial charge on any atom is -0.472 e. The Morgan fingerprint density at radius 3 is 2.67 bits per heavy atom. The van der Waals surface area contributed by atoms with Crippen molar-refractivity contribution in [2.24, 2.45) is 5.10 Å². The SMILES string of the molecule is O=C(CNC(=O)c1ccc(Cl)cc1)N/N=C\c1ccoc1. The minimum absolute atomic E-state index is 0.176. The number of hydrogen-bond acceptors (Lipinski definition) is 4. The molecule has 0 fully saturated rings. The summed E-state index contributed by atoms with van der Waals surface area (Å²) in [6, 6.07) is 8.05. The topological polar surface area (TPSA) is 83.7 Å². The number of carbonyl (C=O) groups excluding carboxylic acids is 2. The lowest BCUT2D eigenvalue weighted by Crippen LogP contribution is -2.34. The fourth-order valence-electron chi connectivity index (χ4n) is 1.43. The summed E-state index contributed by atoms with van der Waals surface area (Å²) in [6.07, 6.45) is 4.41. The molecule has 108 valence electrons. The third kappa shape index (κ3) is 4.77. The van der Waals surface area contributed by atoms with Crippen LogP contribution in [0.15, 0.2) is 52.4 Å². The number of nitrogens with one attached hydrogen (secondary N) is 2. The quantitative estimate of drug-likeness (QED) is 0.653. The van der Waals surface area contributed by atoms with Gasteiger partial charge in [0, 0.05) is 16.1 Å². The molecule has 1 aromatic heterocycles. The number of hydrogen-bond donors (Lipinski definition) is 2. The Labute approximate surface area is 125 Å². The number of carbonyl (C=O) groups is 2. The maximum Gasteiger partial charge on any atom is 0.259 e. The Morgan fingerprint density at radius 1 is 1.24 bits per heavy atom. The highest BCUT2D eigenvalue weighted by Gasteiger charge is 2.07. The molecule has 0 spiro atoms. The van der Waals surface area contributed by atoms with Crippen molar-refractivity contribution >= 4 is 29.6 Å². The molecule has 6 nitrogen and oxygen atoms in total. The molecule has 0 unspecified atom stereocenters. The summed E-state index contributed by atoms with van der Waals surface area (Å²) in [6.45, 7) is -0.176. The number of furan rings is 1. The predicted octanol–water partition coefficient (Wildman–Crippen LogP) is 1.81. The van der Waals surface area contributed by atoms with Crippen molar-refractivity contribution in [2.75, 3.05) is 6.54 Å². The summed E-state index contributed by atoms with van der Waals surface area (Å²) < 4.78 is 4.84. The first-order chi connectivity index (χ1) is 10.1. The van der Waals surface area contributed by atoms with Gasteiger partial charge in [-0.05, 0) is 30.3 Å². The molecular weight excluding hydrogens is 294 g/mol. The lowest BCUT2D eigenvalue weighted by Gasteiger charge is -2.04. The van der Waals surface area contributed by atoms with Crippen LogP contribution in [0, 0.1) is 0 Å². The van der Waals surface area contributed by atoms with Crippen molar-refractivity contribution in [3.8, 4) is 0 Å². The Bertz CT molecular complexity index is 636. The number of nitrogens with zero attached hydrogens (tertiary/aromatic N) is 1. The molecule has 2 rings (SSSR count). The molecule has 0 radical (unpaired) electrons. The first-order valence-corrected chi connectivity index (χ1v) is 6.41. The van der Waals surface area contributed by atoms with Gasteiger partial charge >= 0.3 is 0 Å². The van der Waals surface area contributed by atoms with Crippen molar-refractivity contribution in [3.63, 3.8) is 0 Å². The van der Waals surface area contributed by atoms with Gasteiger partial charge in [0.2, 0.25) is 0 Å². The highest BCUT2D eigenvalue weighted by atomic mass is 35.5. The lowest BCUT2D eigenvalue weighted by atomic mass is 10.2. The predicted molar refractivity (Wildman–Crippen MR) is 78.2 cm³/mol. The summed E-state index contributed by atoms with van der Waals surface area (Å²) in [5.41, 5.74) is 3.44. The molecule has 2 amide bonds. The van der Waals surface area contributed by atoms with E-state index in [0.29, 0.717) is 10.6 Å². The van der Waals surface area contributed by atoms with Crippen molar-refractivity contribution in [3.05, 3.63) is 59.0 Å². The van der Waals surface area contributed by atoms with Crippen LogP contribution in [-0.4, -0.2) is 24.6 Å². The molecule has 0 bridgehead atoms. The standard InChI is InChI=1S/C14H12ClN3O3/c15-12-3-1-11(2-4-12)14(20)16-8-13(19)18-17-7-10-5-6-21-9-10/h1-7,9H,8H2,(H,16,20)(H,18,19)/b17-7-. The Balaban J connectivity index is 1.76. The molecular formula is C14H12ClN3O3. The molecule has 1 heterocycles. The number of benzene rings is 1. The van der Waals surface area contributed by atoms with Gasteiger partial charge in [-0.3, -0.25) is 9.59 Å². The summed E-state index contributed by atoms with van der Waals surface area (Å²) in [5.74, 6) is -0.794. The lowest BCUT2D eigenvalue weighted by molar-refractivity contribution is -0.120. The van der Waals surface area contributed by atoms with Gasteiger partial charge in [-0.25, -0.2) is 5.43 Å². The fraction of sp³-hybridized carbons (Fsp3) is 0.0714. The van der Waals surface area contributed by atoms with Crippen molar-refractivity contribution < 1.29 is 14.0 Å². The van der Waals surface area contributed by atoms with E-state index in [1.807, 2.05) is 0 Å². The summed E-state index contributed by atoms with van der Waals surface area (Å²) >= 11 is 5.72. The van der Waals surface area contributed by atoms with Crippen molar-refractivity contribution in [1.82, 2.24) is 10.7 Å². The van der Waals surface area contributed by atoms with Gasteiger partial charge in [0.25, 0.3) is 11.8 Å². The molecule has 2 aromatic rings. The van der Waals surface area contributed by atoms with E-state index in [2.05, 4.69) is 15.8 Å². The highest BCUT2D eigenvalue weighted by Crippen LogP contribution is 2.09. The zero-order valence-electron chi connectivity index (χ0n) is 10.9. The van der Waals surface area contributed by atoms with Crippen LogP contribution in [0.5, 0.6) is 0 Å². The molecule has 21 heavy (non-hydrogen) atoms.